The topological polar surface area (TPSA) is 49.8 Å². The average molecular weight is 384 g/mol. The Hall–Kier alpha value is -1.98. The zero-order valence-electron chi connectivity index (χ0n) is 15.5. The first kappa shape index (κ1) is 18.4. The Morgan fingerprint density at radius 2 is 1.70 bits per heavy atom. The quantitative estimate of drug-likeness (QED) is 0.762. The summed E-state index contributed by atoms with van der Waals surface area (Å²) in [6.45, 7) is 2.52. The maximum Gasteiger partial charge on any atom is 0.176 e. The Kier molecular flexibility index (Phi) is 5.41. The van der Waals surface area contributed by atoms with Crippen LogP contribution in [0, 0.1) is 11.8 Å². The first-order chi connectivity index (χ1) is 13.1. The van der Waals surface area contributed by atoms with Crippen LogP contribution in [0.5, 0.6) is 11.5 Å². The molecule has 5 heteroatoms. The molecule has 1 heterocycles. The number of phenols is 1. The highest BCUT2D eigenvalue weighted by molar-refractivity contribution is 8.00. The van der Waals surface area contributed by atoms with Gasteiger partial charge in [0.1, 0.15) is 11.5 Å². The number of hydrogen-bond donors (Lipinski definition) is 1. The number of benzene rings is 2. The largest absolute Gasteiger partial charge is 0.508 e. The van der Waals surface area contributed by atoms with Gasteiger partial charge in [-0.05, 0) is 73.2 Å². The molecule has 0 spiro atoms. The average Bonchev–Trinajstić information content (AvgIpc) is 3.20. The van der Waals surface area contributed by atoms with Gasteiger partial charge in [-0.1, -0.05) is 0 Å². The highest BCUT2D eigenvalue weighted by Crippen LogP contribution is 2.45. The molecular weight excluding hydrogens is 358 g/mol. The Labute approximate surface area is 164 Å². The highest BCUT2D eigenvalue weighted by atomic mass is 32.2. The summed E-state index contributed by atoms with van der Waals surface area (Å²) >= 11 is 1.98. The third kappa shape index (κ3) is 4.30. The summed E-state index contributed by atoms with van der Waals surface area (Å²) in [6, 6.07) is 14.9. The zero-order valence-corrected chi connectivity index (χ0v) is 16.3. The third-order valence-corrected chi connectivity index (χ3v) is 6.96. The molecule has 1 aliphatic carbocycles. The van der Waals surface area contributed by atoms with Crippen molar-refractivity contribution in [3.8, 4) is 11.5 Å². The van der Waals surface area contributed by atoms with Crippen LogP contribution in [0.3, 0.4) is 0 Å². The van der Waals surface area contributed by atoms with Crippen LogP contribution in [-0.4, -0.2) is 47.8 Å². The normalized spacial score (nSPS) is 24.7. The SMILES string of the molecule is COc1ccc(SC2C[C@@H]3CN(CC(=O)c4ccc(O)cc4)C[C@@H]3C2)cc1. The van der Waals surface area contributed by atoms with E-state index in [0.717, 1.165) is 18.8 Å². The lowest BCUT2D eigenvalue weighted by molar-refractivity contribution is 0.0941. The number of Topliss-reactive ketones (excluding diaryl/α,β-unsaturated/α-hetero) is 1. The summed E-state index contributed by atoms with van der Waals surface area (Å²) in [5, 5.41) is 10.0. The monoisotopic (exact) mass is 383 g/mol. The lowest BCUT2D eigenvalue weighted by Crippen LogP contribution is -2.29. The number of aromatic hydroxyl groups is 1. The van der Waals surface area contributed by atoms with E-state index in [0.29, 0.717) is 29.2 Å². The van der Waals surface area contributed by atoms with Crippen LogP contribution < -0.4 is 4.74 Å². The number of likely N-dealkylation sites (tertiary alicyclic amines) is 1. The molecule has 4 nitrogen and oxygen atoms in total. The van der Waals surface area contributed by atoms with Gasteiger partial charge in [0.05, 0.1) is 13.7 Å². The minimum atomic E-state index is 0.138. The van der Waals surface area contributed by atoms with Crippen molar-refractivity contribution in [3.63, 3.8) is 0 Å². The summed E-state index contributed by atoms with van der Waals surface area (Å²) in [6.07, 6.45) is 2.45. The van der Waals surface area contributed by atoms with Crippen molar-refractivity contribution >= 4 is 17.5 Å². The summed E-state index contributed by atoms with van der Waals surface area (Å²) < 4.78 is 5.23. The highest BCUT2D eigenvalue weighted by Gasteiger charge is 2.41. The molecule has 0 amide bonds. The van der Waals surface area contributed by atoms with Crippen LogP contribution in [-0.2, 0) is 0 Å². The van der Waals surface area contributed by atoms with Crippen molar-refractivity contribution in [3.05, 3.63) is 54.1 Å². The fourth-order valence-corrected chi connectivity index (χ4v) is 5.72. The summed E-state index contributed by atoms with van der Waals surface area (Å²) in [7, 11) is 1.69. The molecule has 4 rings (SSSR count). The van der Waals surface area contributed by atoms with E-state index < -0.39 is 0 Å². The van der Waals surface area contributed by atoms with Gasteiger partial charge in [0.2, 0.25) is 0 Å². The Morgan fingerprint density at radius 3 is 2.30 bits per heavy atom. The minimum absolute atomic E-state index is 0.138. The second kappa shape index (κ2) is 7.95. The van der Waals surface area contributed by atoms with Crippen molar-refractivity contribution in [2.75, 3.05) is 26.7 Å². The number of carbonyl (C=O) groups is 1. The van der Waals surface area contributed by atoms with Crippen LogP contribution in [0.4, 0.5) is 0 Å². The lowest BCUT2D eigenvalue weighted by atomic mass is 10.0. The van der Waals surface area contributed by atoms with E-state index in [1.54, 1.807) is 31.4 Å². The number of rotatable bonds is 6. The van der Waals surface area contributed by atoms with Crippen LogP contribution in [0.1, 0.15) is 23.2 Å². The fraction of sp³-hybridized carbons (Fsp3) is 0.409. The molecule has 2 aromatic rings. The van der Waals surface area contributed by atoms with Gasteiger partial charge in [-0.2, -0.15) is 0 Å². The molecule has 142 valence electrons. The van der Waals surface area contributed by atoms with E-state index in [1.165, 1.54) is 17.7 Å². The minimum Gasteiger partial charge on any atom is -0.508 e. The Balaban J connectivity index is 1.27. The first-order valence-corrected chi connectivity index (χ1v) is 10.3. The van der Waals surface area contributed by atoms with Crippen molar-refractivity contribution in [1.82, 2.24) is 4.90 Å². The van der Waals surface area contributed by atoms with E-state index in [2.05, 4.69) is 17.0 Å². The van der Waals surface area contributed by atoms with Gasteiger partial charge in [0, 0.05) is 28.8 Å². The first-order valence-electron chi connectivity index (χ1n) is 9.46. The molecule has 2 aromatic carbocycles. The summed E-state index contributed by atoms with van der Waals surface area (Å²) in [4.78, 5) is 16.1. The third-order valence-electron chi connectivity index (χ3n) is 5.70. The van der Waals surface area contributed by atoms with Gasteiger partial charge in [-0.3, -0.25) is 9.69 Å². The number of nitrogens with zero attached hydrogens (tertiary/aromatic N) is 1. The number of ether oxygens (including phenoxy) is 1. The number of carbonyl (C=O) groups excluding carboxylic acids is 1. The Bertz CT molecular complexity index is 776. The number of hydrogen-bond acceptors (Lipinski definition) is 5. The van der Waals surface area contributed by atoms with Gasteiger partial charge >= 0.3 is 0 Å². The number of phenolic OH excluding ortho intramolecular Hbond substituents is 1. The molecule has 3 atom stereocenters. The predicted molar refractivity (Wildman–Crippen MR) is 108 cm³/mol. The summed E-state index contributed by atoms with van der Waals surface area (Å²) in [5.41, 5.74) is 0.679. The van der Waals surface area contributed by atoms with E-state index in [-0.39, 0.29) is 11.5 Å². The smallest absolute Gasteiger partial charge is 0.176 e. The molecule has 0 radical (unpaired) electrons. The molecule has 0 aromatic heterocycles. The molecule has 2 aliphatic rings. The van der Waals surface area contributed by atoms with Crippen molar-refractivity contribution < 1.29 is 14.6 Å². The standard InChI is InChI=1S/C22H25NO3S/c1-26-19-6-8-20(9-7-19)27-21-10-16-12-23(13-17(16)11-21)14-22(25)15-2-4-18(24)5-3-15/h2-9,16-17,21,24H,10-14H2,1H3/t16-,17+,21?. The molecule has 2 fully saturated rings. The van der Waals surface area contributed by atoms with Crippen LogP contribution in [0.15, 0.2) is 53.4 Å². The Morgan fingerprint density at radius 1 is 1.07 bits per heavy atom. The molecule has 1 N–H and O–H groups in total. The van der Waals surface area contributed by atoms with Gasteiger partial charge in [-0.25, -0.2) is 0 Å². The van der Waals surface area contributed by atoms with Crippen molar-refractivity contribution in [2.24, 2.45) is 11.8 Å². The molecule has 27 heavy (non-hydrogen) atoms. The van der Waals surface area contributed by atoms with Crippen molar-refractivity contribution in [1.29, 1.82) is 0 Å². The van der Waals surface area contributed by atoms with Gasteiger partial charge in [-0.15, -0.1) is 11.8 Å². The van der Waals surface area contributed by atoms with Crippen LogP contribution in [0.25, 0.3) is 0 Å². The fourth-order valence-electron chi connectivity index (χ4n) is 4.36. The lowest BCUT2D eigenvalue weighted by Gasteiger charge is -2.18. The van der Waals surface area contributed by atoms with Gasteiger partial charge < -0.3 is 9.84 Å². The second-order valence-electron chi connectivity index (χ2n) is 7.57. The molecule has 1 saturated heterocycles. The van der Waals surface area contributed by atoms with E-state index >= 15 is 0 Å². The summed E-state index contributed by atoms with van der Waals surface area (Å²) in [5.74, 6) is 2.64. The predicted octanol–water partition coefficient (Wildman–Crippen LogP) is 4.09. The molecule has 1 saturated carbocycles. The maximum absolute atomic E-state index is 12.5. The molecule has 1 aliphatic heterocycles. The second-order valence-corrected chi connectivity index (χ2v) is 8.94. The van der Waals surface area contributed by atoms with Crippen LogP contribution in [0.2, 0.25) is 0 Å². The van der Waals surface area contributed by atoms with Gasteiger partial charge in [0.25, 0.3) is 0 Å². The van der Waals surface area contributed by atoms with E-state index in [9.17, 15) is 9.90 Å². The number of methoxy groups -OCH3 is 1. The molecule has 1 unspecified atom stereocenters. The number of ketones is 1. The number of thioether (sulfide) groups is 1. The van der Waals surface area contributed by atoms with Crippen molar-refractivity contribution in [2.45, 2.75) is 23.0 Å². The molecule has 0 bridgehead atoms. The number of fused-ring (bicyclic) bond motifs is 1. The maximum atomic E-state index is 12.5. The van der Waals surface area contributed by atoms with Gasteiger partial charge in [0.15, 0.2) is 5.78 Å². The zero-order chi connectivity index (χ0) is 18.8. The van der Waals surface area contributed by atoms with E-state index in [1.807, 2.05) is 23.9 Å². The van der Waals surface area contributed by atoms with E-state index in [4.69, 9.17) is 4.74 Å². The molecular formula is C22H25NO3S. The van der Waals surface area contributed by atoms with Crippen LogP contribution >= 0.6 is 11.8 Å².